The highest BCUT2D eigenvalue weighted by molar-refractivity contribution is 6.26. The molecule has 1 aliphatic rings. The third-order valence-corrected chi connectivity index (χ3v) is 5.22. The minimum Gasteiger partial charge on any atom is -0.289 e. The van der Waals surface area contributed by atoms with Gasteiger partial charge in [-0.15, -0.1) is 0 Å². The first kappa shape index (κ1) is 13.0. The molecule has 27 heavy (non-hydrogen) atoms. The van der Waals surface area contributed by atoms with E-state index in [1.165, 1.54) is 0 Å². The molecule has 0 unspecified atom stereocenters. The van der Waals surface area contributed by atoms with Crippen molar-refractivity contribution in [2.75, 3.05) is 0 Å². The molecule has 0 saturated heterocycles. The van der Waals surface area contributed by atoms with Crippen molar-refractivity contribution in [2.24, 2.45) is 0 Å². The van der Waals surface area contributed by atoms with Gasteiger partial charge in [0.1, 0.15) is 0 Å². The molecule has 0 aliphatic heterocycles. The van der Waals surface area contributed by atoms with Crippen LogP contribution in [0.3, 0.4) is 0 Å². The van der Waals surface area contributed by atoms with Gasteiger partial charge in [-0.3, -0.25) is 9.78 Å². The van der Waals surface area contributed by atoms with E-state index < -0.39 is 6.85 Å². The van der Waals surface area contributed by atoms with Crippen LogP contribution in [-0.2, 0) is 0 Å². The molecule has 0 spiro atoms. The van der Waals surface area contributed by atoms with Crippen LogP contribution < -0.4 is 0 Å². The SMILES string of the molecule is [2H]C([2H])([2H])c1cc(C)cc(-c2ncc3c4c(cccc24)-c2cc(C)ccc2C3=O)c1. The monoisotopic (exact) mass is 352 g/mol. The van der Waals surface area contributed by atoms with E-state index in [2.05, 4.69) is 4.98 Å². The lowest BCUT2D eigenvalue weighted by atomic mass is 9.82. The number of carbonyl (C=O) groups is 1. The van der Waals surface area contributed by atoms with Crippen LogP contribution in [0, 0.1) is 20.7 Å². The van der Waals surface area contributed by atoms with Crippen LogP contribution in [0.15, 0.2) is 60.8 Å². The quantitative estimate of drug-likeness (QED) is 0.368. The van der Waals surface area contributed by atoms with Crippen molar-refractivity contribution < 1.29 is 8.91 Å². The maximum atomic E-state index is 13.2. The number of pyridine rings is 1. The molecule has 4 aromatic rings. The number of benzene rings is 3. The van der Waals surface area contributed by atoms with E-state index >= 15 is 0 Å². The van der Waals surface area contributed by atoms with Gasteiger partial charge >= 0.3 is 0 Å². The largest absolute Gasteiger partial charge is 0.289 e. The summed E-state index contributed by atoms with van der Waals surface area (Å²) in [6.07, 6.45) is 1.63. The summed E-state index contributed by atoms with van der Waals surface area (Å²) in [5.74, 6) is -0.0276. The van der Waals surface area contributed by atoms with E-state index in [9.17, 15) is 4.79 Å². The molecule has 3 aromatic carbocycles. The molecule has 5 rings (SSSR count). The summed E-state index contributed by atoms with van der Waals surface area (Å²) in [5, 5.41) is 1.73. The molecule has 2 nitrogen and oxygen atoms in total. The van der Waals surface area contributed by atoms with Crippen molar-refractivity contribution in [1.82, 2.24) is 4.98 Å². The summed E-state index contributed by atoms with van der Waals surface area (Å²) in [7, 11) is 0. The van der Waals surface area contributed by atoms with Crippen molar-refractivity contribution in [1.29, 1.82) is 0 Å². The van der Waals surface area contributed by atoms with E-state index in [1.54, 1.807) is 18.3 Å². The van der Waals surface area contributed by atoms with Gasteiger partial charge in [0.25, 0.3) is 0 Å². The standard InChI is InChI=1S/C25H19NO/c1-14-7-8-19-21(12-14)18-5-4-6-20-23(18)22(25(19)27)13-26-24(20)17-10-15(2)9-16(3)11-17/h4-13H,1-3H3/i2D3. The summed E-state index contributed by atoms with van der Waals surface area (Å²) in [4.78, 5) is 17.8. The van der Waals surface area contributed by atoms with Crippen molar-refractivity contribution in [3.63, 3.8) is 0 Å². The first-order chi connectivity index (χ1) is 14.2. The lowest BCUT2D eigenvalue weighted by Gasteiger charge is -2.21. The molecule has 2 heteroatoms. The van der Waals surface area contributed by atoms with Crippen molar-refractivity contribution >= 4 is 16.6 Å². The fraction of sp³-hybridized carbons (Fsp3) is 0.120. The summed E-state index contributed by atoms with van der Waals surface area (Å²) < 4.78 is 23.4. The van der Waals surface area contributed by atoms with Crippen molar-refractivity contribution in [2.45, 2.75) is 20.7 Å². The molecule has 0 N–H and O–H groups in total. The zero-order valence-corrected chi connectivity index (χ0v) is 15.1. The Bertz CT molecular complexity index is 1370. The van der Waals surface area contributed by atoms with E-state index in [1.807, 2.05) is 56.3 Å². The summed E-state index contributed by atoms with van der Waals surface area (Å²) >= 11 is 0. The zero-order valence-electron chi connectivity index (χ0n) is 18.1. The molecular weight excluding hydrogens is 330 g/mol. The van der Waals surface area contributed by atoms with Crippen LogP contribution in [-0.4, -0.2) is 10.8 Å². The third kappa shape index (κ3) is 2.33. The Hall–Kier alpha value is -3.26. The lowest BCUT2D eigenvalue weighted by Crippen LogP contribution is -2.11. The number of hydrogen-bond acceptors (Lipinski definition) is 2. The predicted molar refractivity (Wildman–Crippen MR) is 110 cm³/mol. The van der Waals surface area contributed by atoms with Crippen molar-refractivity contribution in [3.8, 4) is 22.4 Å². The maximum absolute atomic E-state index is 13.2. The van der Waals surface area contributed by atoms with Crippen molar-refractivity contribution in [3.05, 3.63) is 88.6 Å². The first-order valence-corrected chi connectivity index (χ1v) is 8.94. The minimum absolute atomic E-state index is 0.0276. The Morgan fingerprint density at radius 2 is 1.67 bits per heavy atom. The fourth-order valence-electron chi connectivity index (χ4n) is 4.07. The van der Waals surface area contributed by atoms with Gasteiger partial charge in [-0.2, -0.15) is 0 Å². The molecule has 0 amide bonds. The number of fused-ring (bicyclic) bond motifs is 2. The Kier molecular flexibility index (Phi) is 2.70. The van der Waals surface area contributed by atoms with Gasteiger partial charge in [0.05, 0.1) is 5.69 Å². The fourth-order valence-corrected chi connectivity index (χ4v) is 4.07. The molecule has 1 aromatic heterocycles. The molecule has 130 valence electrons. The Morgan fingerprint density at radius 1 is 0.815 bits per heavy atom. The van der Waals surface area contributed by atoms with Gasteiger partial charge in [-0.1, -0.05) is 59.2 Å². The van der Waals surface area contributed by atoms with Crippen LogP contribution in [0.5, 0.6) is 0 Å². The van der Waals surface area contributed by atoms with Gasteiger partial charge in [0.15, 0.2) is 5.78 Å². The lowest BCUT2D eigenvalue weighted by molar-refractivity contribution is 0.104. The molecule has 0 radical (unpaired) electrons. The van der Waals surface area contributed by atoms with Crippen LogP contribution in [0.25, 0.3) is 33.2 Å². The van der Waals surface area contributed by atoms with Crippen LogP contribution in [0.1, 0.15) is 36.7 Å². The van der Waals surface area contributed by atoms with Gasteiger partial charge < -0.3 is 0 Å². The second-order valence-corrected chi connectivity index (χ2v) is 7.21. The minimum atomic E-state index is -2.19. The second kappa shape index (κ2) is 5.62. The number of hydrogen-bond donors (Lipinski definition) is 0. The Labute approximate surface area is 162 Å². The van der Waals surface area contributed by atoms with Crippen LogP contribution in [0.4, 0.5) is 0 Å². The third-order valence-electron chi connectivity index (χ3n) is 5.22. The topological polar surface area (TPSA) is 30.0 Å². The summed E-state index contributed by atoms with van der Waals surface area (Å²) in [5.41, 5.74) is 6.89. The normalized spacial score (nSPS) is 14.4. The highest BCUT2D eigenvalue weighted by Crippen LogP contribution is 2.42. The summed E-state index contributed by atoms with van der Waals surface area (Å²) in [6.45, 7) is 1.70. The average molecular weight is 352 g/mol. The molecule has 0 saturated carbocycles. The first-order valence-electron chi connectivity index (χ1n) is 10.4. The predicted octanol–water partition coefficient (Wildman–Crippen LogP) is 6.04. The van der Waals surface area contributed by atoms with Crippen LogP contribution in [0.2, 0.25) is 0 Å². The number of carbonyl (C=O) groups excluding carboxylic acids is 1. The average Bonchev–Trinajstić information content (AvgIpc) is 2.70. The molecule has 0 bridgehead atoms. The van der Waals surface area contributed by atoms with Crippen LogP contribution >= 0.6 is 0 Å². The van der Waals surface area contributed by atoms with E-state index in [-0.39, 0.29) is 11.3 Å². The number of nitrogens with zero attached hydrogens (tertiary/aromatic N) is 1. The van der Waals surface area contributed by atoms with E-state index in [0.717, 1.165) is 38.6 Å². The van der Waals surface area contributed by atoms with E-state index in [0.29, 0.717) is 16.8 Å². The molecule has 0 fully saturated rings. The van der Waals surface area contributed by atoms with Gasteiger partial charge in [0.2, 0.25) is 0 Å². The number of aryl methyl sites for hydroxylation is 3. The van der Waals surface area contributed by atoms with Gasteiger partial charge in [-0.05, 0) is 44.0 Å². The highest BCUT2D eigenvalue weighted by atomic mass is 16.1. The maximum Gasteiger partial charge on any atom is 0.195 e. The number of rotatable bonds is 1. The zero-order chi connectivity index (χ0) is 21.2. The Morgan fingerprint density at radius 3 is 2.52 bits per heavy atom. The Balaban J connectivity index is 1.84. The molecule has 1 heterocycles. The molecular formula is C25H19NO. The van der Waals surface area contributed by atoms with Gasteiger partial charge in [-0.25, -0.2) is 0 Å². The number of ketones is 1. The van der Waals surface area contributed by atoms with E-state index in [4.69, 9.17) is 4.11 Å². The highest BCUT2D eigenvalue weighted by Gasteiger charge is 2.26. The summed E-state index contributed by atoms with van der Waals surface area (Å²) in [6, 6.07) is 17.1. The number of aromatic nitrogens is 1. The second-order valence-electron chi connectivity index (χ2n) is 7.21. The smallest absolute Gasteiger partial charge is 0.195 e. The molecule has 0 atom stereocenters. The molecule has 1 aliphatic carbocycles. The van der Waals surface area contributed by atoms with Gasteiger partial charge in [0, 0.05) is 37.8 Å².